The average molecular weight is 416 g/mol. The van der Waals surface area contributed by atoms with Gasteiger partial charge in [0.2, 0.25) is 5.91 Å². The van der Waals surface area contributed by atoms with E-state index in [1.54, 1.807) is 30.3 Å². The maximum Gasteiger partial charge on any atom is 0.335 e. The van der Waals surface area contributed by atoms with E-state index < -0.39 is 17.8 Å². The number of nitrogens with zero attached hydrogens (tertiary/aromatic N) is 1. The number of carboxylic acids is 1. The molecule has 31 heavy (non-hydrogen) atoms. The second-order valence-corrected chi connectivity index (χ2v) is 6.82. The highest BCUT2D eigenvalue weighted by atomic mass is 16.5. The van der Waals surface area contributed by atoms with Crippen molar-refractivity contribution in [1.82, 2.24) is 0 Å². The molecule has 1 aliphatic heterocycles. The van der Waals surface area contributed by atoms with Crippen LogP contribution in [-0.2, 0) is 4.79 Å². The Morgan fingerprint density at radius 3 is 2.32 bits per heavy atom. The maximum absolute atomic E-state index is 12.9. The molecular weight excluding hydrogens is 400 g/mol. The molecular formula is C23H16N2O6. The molecule has 154 valence electrons. The lowest BCUT2D eigenvalue weighted by molar-refractivity contribution is -0.114. The van der Waals surface area contributed by atoms with Crippen molar-refractivity contribution in [1.29, 1.82) is 0 Å². The Labute approximate surface area is 176 Å². The molecule has 0 aliphatic carbocycles. The predicted molar refractivity (Wildman–Crippen MR) is 112 cm³/mol. The van der Waals surface area contributed by atoms with Gasteiger partial charge in [0.1, 0.15) is 11.5 Å². The first-order chi connectivity index (χ1) is 14.8. The minimum absolute atomic E-state index is 0.0304. The number of aromatic carboxylic acids is 1. The summed E-state index contributed by atoms with van der Waals surface area (Å²) >= 11 is 0. The summed E-state index contributed by atoms with van der Waals surface area (Å²) in [7, 11) is 0. The average Bonchev–Trinajstić information content (AvgIpc) is 2.98. The third-order valence-corrected chi connectivity index (χ3v) is 4.60. The van der Waals surface area contributed by atoms with Crippen molar-refractivity contribution in [3.63, 3.8) is 0 Å². The molecule has 3 aromatic rings. The lowest BCUT2D eigenvalue weighted by Gasteiger charge is -2.14. The third kappa shape index (κ3) is 3.86. The van der Waals surface area contributed by atoms with Gasteiger partial charge >= 0.3 is 5.97 Å². The van der Waals surface area contributed by atoms with Crippen molar-refractivity contribution >= 4 is 35.1 Å². The molecule has 4 rings (SSSR count). The van der Waals surface area contributed by atoms with Gasteiger partial charge in [-0.1, -0.05) is 12.1 Å². The molecule has 0 radical (unpaired) electrons. The number of imide groups is 1. The third-order valence-electron chi connectivity index (χ3n) is 4.60. The number of rotatable bonds is 5. The number of fused-ring (bicyclic) bond motifs is 1. The minimum atomic E-state index is -1.16. The normalized spacial score (nSPS) is 12.5. The van der Waals surface area contributed by atoms with E-state index in [2.05, 4.69) is 5.32 Å². The Morgan fingerprint density at radius 1 is 0.871 bits per heavy atom. The largest absolute Gasteiger partial charge is 0.478 e. The Balaban J connectivity index is 1.62. The molecule has 3 amide bonds. The highest BCUT2D eigenvalue weighted by Gasteiger charge is 2.37. The maximum atomic E-state index is 12.9. The zero-order chi connectivity index (χ0) is 22.1. The fourth-order valence-corrected chi connectivity index (χ4v) is 3.27. The number of ether oxygens (including phenoxy) is 1. The van der Waals surface area contributed by atoms with Crippen LogP contribution in [0.4, 0.5) is 11.4 Å². The topological polar surface area (TPSA) is 113 Å². The van der Waals surface area contributed by atoms with Crippen LogP contribution in [0.15, 0.2) is 66.7 Å². The summed E-state index contributed by atoms with van der Waals surface area (Å²) in [5, 5.41) is 11.8. The van der Waals surface area contributed by atoms with E-state index in [1.165, 1.54) is 43.3 Å². The van der Waals surface area contributed by atoms with Crippen LogP contribution >= 0.6 is 0 Å². The molecule has 1 heterocycles. The number of carbonyl (C=O) groups is 4. The first kappa shape index (κ1) is 19.8. The zero-order valence-electron chi connectivity index (χ0n) is 16.3. The van der Waals surface area contributed by atoms with Crippen LogP contribution in [0.3, 0.4) is 0 Å². The molecule has 0 saturated heterocycles. The van der Waals surface area contributed by atoms with Gasteiger partial charge in [-0.15, -0.1) is 0 Å². The number of anilines is 2. The summed E-state index contributed by atoms with van der Waals surface area (Å²) in [6, 6.07) is 16.9. The summed E-state index contributed by atoms with van der Waals surface area (Å²) in [6.07, 6.45) is 0. The molecule has 0 unspecified atom stereocenters. The van der Waals surface area contributed by atoms with Crippen LogP contribution in [0.1, 0.15) is 38.0 Å². The lowest BCUT2D eigenvalue weighted by atomic mass is 10.1. The molecule has 0 saturated carbocycles. The molecule has 3 aromatic carbocycles. The van der Waals surface area contributed by atoms with Gasteiger partial charge in [-0.2, -0.15) is 0 Å². The van der Waals surface area contributed by atoms with E-state index in [0.717, 1.165) is 4.90 Å². The monoisotopic (exact) mass is 416 g/mol. The molecule has 8 nitrogen and oxygen atoms in total. The number of amides is 3. The van der Waals surface area contributed by atoms with Crippen molar-refractivity contribution in [3.8, 4) is 11.5 Å². The Kier molecular flexibility index (Phi) is 4.96. The van der Waals surface area contributed by atoms with E-state index in [1.807, 2.05) is 0 Å². The Bertz CT molecular complexity index is 1250. The second kappa shape index (κ2) is 7.75. The summed E-state index contributed by atoms with van der Waals surface area (Å²) in [5.41, 5.74) is 1.06. The van der Waals surface area contributed by atoms with Gasteiger partial charge in [0, 0.05) is 18.7 Å². The second-order valence-electron chi connectivity index (χ2n) is 6.82. The van der Waals surface area contributed by atoms with Crippen molar-refractivity contribution in [3.05, 3.63) is 83.4 Å². The number of carbonyl (C=O) groups excluding carboxylic acids is 3. The highest BCUT2D eigenvalue weighted by Crippen LogP contribution is 2.33. The molecule has 0 fully saturated rings. The molecule has 8 heteroatoms. The standard InChI is InChI=1S/C23H16N2O6/c1-13(26)24-15-5-3-7-17(11-15)31-18-8-9-19-20(12-18)22(28)25(21(19)27)16-6-2-4-14(10-16)23(29)30/h2-12H,1H3,(H,24,26)(H,29,30). The van der Waals surface area contributed by atoms with Crippen molar-refractivity contribution < 1.29 is 29.0 Å². The fraction of sp³-hybridized carbons (Fsp3) is 0.0435. The zero-order valence-corrected chi connectivity index (χ0v) is 16.3. The SMILES string of the molecule is CC(=O)Nc1cccc(Oc2ccc3c(c2)C(=O)N(c2cccc(C(=O)O)c2)C3=O)c1. The number of nitrogens with one attached hydrogen (secondary N) is 1. The summed E-state index contributed by atoms with van der Waals surface area (Å²) in [5.74, 6) is -1.71. The van der Waals surface area contributed by atoms with Crippen LogP contribution in [0.25, 0.3) is 0 Å². The van der Waals surface area contributed by atoms with Crippen LogP contribution in [0.5, 0.6) is 11.5 Å². The van der Waals surface area contributed by atoms with Crippen molar-refractivity contribution in [2.24, 2.45) is 0 Å². The van der Waals surface area contributed by atoms with Crippen molar-refractivity contribution in [2.45, 2.75) is 6.92 Å². The number of benzene rings is 3. The number of carboxylic acid groups (broad SMARTS) is 1. The molecule has 2 N–H and O–H groups in total. The predicted octanol–water partition coefficient (Wildman–Crippen LogP) is 3.94. The van der Waals surface area contributed by atoms with Crippen LogP contribution in [-0.4, -0.2) is 28.8 Å². The van der Waals surface area contributed by atoms with Gasteiger partial charge in [0.05, 0.1) is 22.4 Å². The van der Waals surface area contributed by atoms with E-state index >= 15 is 0 Å². The number of hydrogen-bond donors (Lipinski definition) is 2. The molecule has 0 bridgehead atoms. The molecule has 0 spiro atoms. The first-order valence-electron chi connectivity index (χ1n) is 9.25. The number of hydrogen-bond acceptors (Lipinski definition) is 5. The van der Waals surface area contributed by atoms with Gasteiger partial charge in [-0.3, -0.25) is 14.4 Å². The van der Waals surface area contributed by atoms with Gasteiger partial charge in [0.15, 0.2) is 0 Å². The summed E-state index contributed by atoms with van der Waals surface area (Å²) in [4.78, 5) is 49.1. The summed E-state index contributed by atoms with van der Waals surface area (Å²) < 4.78 is 5.79. The fourth-order valence-electron chi connectivity index (χ4n) is 3.27. The van der Waals surface area contributed by atoms with E-state index in [4.69, 9.17) is 4.74 Å². The molecule has 0 atom stereocenters. The van der Waals surface area contributed by atoms with Crippen LogP contribution in [0, 0.1) is 0 Å². The first-order valence-corrected chi connectivity index (χ1v) is 9.25. The molecule has 0 aromatic heterocycles. The Hall–Kier alpha value is -4.46. The van der Waals surface area contributed by atoms with E-state index in [0.29, 0.717) is 17.2 Å². The lowest BCUT2D eigenvalue weighted by Crippen LogP contribution is -2.29. The highest BCUT2D eigenvalue weighted by molar-refractivity contribution is 6.34. The smallest absolute Gasteiger partial charge is 0.335 e. The van der Waals surface area contributed by atoms with Gasteiger partial charge in [0.25, 0.3) is 11.8 Å². The van der Waals surface area contributed by atoms with Gasteiger partial charge in [-0.25, -0.2) is 9.69 Å². The quantitative estimate of drug-likeness (QED) is 0.609. The van der Waals surface area contributed by atoms with Gasteiger partial charge < -0.3 is 15.2 Å². The summed E-state index contributed by atoms with van der Waals surface area (Å²) in [6.45, 7) is 1.40. The van der Waals surface area contributed by atoms with Gasteiger partial charge in [-0.05, 0) is 48.5 Å². The van der Waals surface area contributed by atoms with E-state index in [9.17, 15) is 24.3 Å². The minimum Gasteiger partial charge on any atom is -0.478 e. The van der Waals surface area contributed by atoms with E-state index in [-0.39, 0.29) is 28.3 Å². The van der Waals surface area contributed by atoms with Crippen LogP contribution in [0.2, 0.25) is 0 Å². The van der Waals surface area contributed by atoms with Crippen LogP contribution < -0.4 is 15.0 Å². The van der Waals surface area contributed by atoms with Crippen molar-refractivity contribution in [2.75, 3.05) is 10.2 Å². The molecule has 1 aliphatic rings. The Morgan fingerprint density at radius 2 is 1.58 bits per heavy atom.